The van der Waals surface area contributed by atoms with Crippen molar-refractivity contribution in [3.8, 4) is 5.75 Å². The lowest BCUT2D eigenvalue weighted by Crippen LogP contribution is -2.52. The number of benzene rings is 2. The van der Waals surface area contributed by atoms with Crippen LogP contribution in [0.3, 0.4) is 0 Å². The summed E-state index contributed by atoms with van der Waals surface area (Å²) in [6, 6.07) is 16.5. The van der Waals surface area contributed by atoms with E-state index in [1.165, 1.54) is 4.68 Å². The van der Waals surface area contributed by atoms with Crippen LogP contribution >= 0.6 is 0 Å². The number of furan rings is 1. The van der Waals surface area contributed by atoms with E-state index in [2.05, 4.69) is 10.4 Å². The van der Waals surface area contributed by atoms with Gasteiger partial charge < -0.3 is 29.0 Å². The van der Waals surface area contributed by atoms with Gasteiger partial charge in [-0.25, -0.2) is 4.79 Å². The molecule has 11 heteroatoms. The highest BCUT2D eigenvalue weighted by atomic mass is 16.6. The molecule has 1 unspecified atom stereocenters. The van der Waals surface area contributed by atoms with Crippen molar-refractivity contribution in [1.29, 1.82) is 0 Å². The molecule has 4 aromatic rings. The second-order valence-corrected chi connectivity index (χ2v) is 9.78. The zero-order valence-electron chi connectivity index (χ0n) is 23.3. The van der Waals surface area contributed by atoms with Gasteiger partial charge in [-0.2, -0.15) is 5.10 Å². The van der Waals surface area contributed by atoms with Gasteiger partial charge in [-0.05, 0) is 44.4 Å². The predicted octanol–water partition coefficient (Wildman–Crippen LogP) is 4.63. The van der Waals surface area contributed by atoms with Crippen LogP contribution in [0.25, 0.3) is 10.8 Å². The number of hydrogen-bond acceptors (Lipinski definition) is 7. The highest BCUT2D eigenvalue weighted by Gasteiger charge is 2.29. The van der Waals surface area contributed by atoms with Gasteiger partial charge in [-0.15, -0.1) is 0 Å². The van der Waals surface area contributed by atoms with Crippen molar-refractivity contribution in [1.82, 2.24) is 19.6 Å². The van der Waals surface area contributed by atoms with Gasteiger partial charge in [0.05, 0.1) is 18.0 Å². The van der Waals surface area contributed by atoms with Gasteiger partial charge >= 0.3 is 6.09 Å². The second kappa shape index (κ2) is 12.2. The molecule has 0 bridgehead atoms. The number of carbonyl (C=O) groups is 3. The Morgan fingerprint density at radius 2 is 1.73 bits per heavy atom. The fourth-order valence-electron chi connectivity index (χ4n) is 4.74. The van der Waals surface area contributed by atoms with Crippen LogP contribution in [0.15, 0.2) is 65.2 Å². The van der Waals surface area contributed by atoms with Crippen LogP contribution in [0.5, 0.6) is 5.75 Å². The second-order valence-electron chi connectivity index (χ2n) is 9.78. The summed E-state index contributed by atoms with van der Waals surface area (Å²) < 4.78 is 18.3. The molecule has 0 aliphatic carbocycles. The smallest absolute Gasteiger partial charge is 0.409 e. The lowest BCUT2D eigenvalue weighted by Gasteiger charge is -2.35. The number of aromatic nitrogens is 2. The van der Waals surface area contributed by atoms with E-state index in [0.717, 1.165) is 16.5 Å². The summed E-state index contributed by atoms with van der Waals surface area (Å²) in [5.41, 5.74) is 1.04. The number of nitrogens with one attached hydrogen (secondary N) is 1. The molecular formula is C30H33N5O6. The van der Waals surface area contributed by atoms with Crippen molar-refractivity contribution >= 4 is 34.4 Å². The molecule has 2 aromatic carbocycles. The van der Waals surface area contributed by atoms with E-state index in [1.54, 1.807) is 48.9 Å². The summed E-state index contributed by atoms with van der Waals surface area (Å²) in [5.74, 6) is 0.835. The van der Waals surface area contributed by atoms with E-state index < -0.39 is 11.9 Å². The minimum absolute atomic E-state index is 0.115. The molecule has 2 aromatic heterocycles. The Balaban J connectivity index is 1.17. The summed E-state index contributed by atoms with van der Waals surface area (Å²) in [7, 11) is 0. The number of hydrogen-bond donors (Lipinski definition) is 1. The first kappa shape index (κ1) is 27.8. The molecule has 1 aliphatic heterocycles. The number of fused-ring (bicyclic) bond motifs is 1. The summed E-state index contributed by atoms with van der Waals surface area (Å²) in [6.07, 6.45) is 1.27. The average molecular weight is 560 g/mol. The number of piperazine rings is 1. The summed E-state index contributed by atoms with van der Waals surface area (Å²) in [5, 5.41) is 9.35. The Kier molecular flexibility index (Phi) is 8.23. The lowest BCUT2D eigenvalue weighted by atomic mass is 10.1. The summed E-state index contributed by atoms with van der Waals surface area (Å²) in [4.78, 5) is 41.3. The molecular weight excluding hydrogens is 526 g/mol. The molecule has 0 spiro atoms. The van der Waals surface area contributed by atoms with E-state index in [-0.39, 0.29) is 24.4 Å². The number of nitrogens with zero attached hydrogens (tertiary/aromatic N) is 4. The minimum atomic E-state index is -0.588. The van der Waals surface area contributed by atoms with Crippen LogP contribution in [-0.4, -0.2) is 70.3 Å². The van der Waals surface area contributed by atoms with Crippen LogP contribution in [0.1, 0.15) is 41.9 Å². The first-order valence-electron chi connectivity index (χ1n) is 13.6. The monoisotopic (exact) mass is 559 g/mol. The minimum Gasteiger partial charge on any atom is -0.485 e. The SMILES string of the molecule is CCOC(=O)N1CCN(C(=O)C(C)n2cc(NC(=O)c3ccc(COc4cccc5ccccc45)o3)c(C)n2)CC1. The van der Waals surface area contributed by atoms with Gasteiger partial charge in [0.2, 0.25) is 5.91 Å². The fraction of sp³-hybridized carbons (Fsp3) is 0.333. The molecule has 214 valence electrons. The molecule has 1 aliphatic rings. The number of aryl methyl sites for hydroxylation is 1. The Hall–Kier alpha value is -4.80. The number of anilines is 1. The van der Waals surface area contributed by atoms with Crippen molar-refractivity contribution in [3.63, 3.8) is 0 Å². The Morgan fingerprint density at radius 3 is 2.51 bits per heavy atom. The topological polar surface area (TPSA) is 119 Å². The molecule has 3 amide bonds. The maximum atomic E-state index is 13.1. The zero-order valence-corrected chi connectivity index (χ0v) is 23.3. The van der Waals surface area contributed by atoms with E-state index in [9.17, 15) is 14.4 Å². The molecule has 0 radical (unpaired) electrons. The third kappa shape index (κ3) is 6.19. The van der Waals surface area contributed by atoms with E-state index >= 15 is 0 Å². The van der Waals surface area contributed by atoms with Crippen LogP contribution in [-0.2, 0) is 16.1 Å². The molecule has 11 nitrogen and oxygen atoms in total. The fourth-order valence-corrected chi connectivity index (χ4v) is 4.74. The molecule has 1 atom stereocenters. The largest absolute Gasteiger partial charge is 0.485 e. The lowest BCUT2D eigenvalue weighted by molar-refractivity contribution is -0.136. The standard InChI is InChI=1S/C30H33N5O6/c1-4-39-30(38)34-16-14-33(15-17-34)29(37)21(3)35-18-25(20(2)32-35)31-28(36)27-13-12-23(41-27)19-40-26-11-7-9-22-8-5-6-10-24(22)26/h5-13,18,21H,4,14-17,19H2,1-3H3,(H,31,36). The van der Waals surface area contributed by atoms with E-state index in [1.807, 2.05) is 42.5 Å². The van der Waals surface area contributed by atoms with Gasteiger partial charge in [-0.3, -0.25) is 14.3 Å². The zero-order chi connectivity index (χ0) is 28.9. The van der Waals surface area contributed by atoms with Crippen molar-refractivity contribution in [2.75, 3.05) is 38.1 Å². The summed E-state index contributed by atoms with van der Waals surface area (Å²) >= 11 is 0. The average Bonchev–Trinajstić information content (AvgIpc) is 3.62. The van der Waals surface area contributed by atoms with Crippen molar-refractivity contribution in [2.24, 2.45) is 0 Å². The van der Waals surface area contributed by atoms with Crippen molar-refractivity contribution < 1.29 is 28.3 Å². The van der Waals surface area contributed by atoms with E-state index in [0.29, 0.717) is 49.9 Å². The van der Waals surface area contributed by atoms with Gasteiger partial charge in [-0.1, -0.05) is 36.4 Å². The Morgan fingerprint density at radius 1 is 1.00 bits per heavy atom. The Bertz CT molecular complexity index is 1550. The first-order chi connectivity index (χ1) is 19.8. The third-order valence-corrected chi connectivity index (χ3v) is 7.04. The Labute approximate surface area is 237 Å². The van der Waals surface area contributed by atoms with Crippen LogP contribution in [0.4, 0.5) is 10.5 Å². The van der Waals surface area contributed by atoms with Crippen molar-refractivity contribution in [3.05, 3.63) is 78.0 Å². The van der Waals surface area contributed by atoms with Crippen LogP contribution in [0, 0.1) is 6.92 Å². The highest BCUT2D eigenvalue weighted by Crippen LogP contribution is 2.26. The summed E-state index contributed by atoms with van der Waals surface area (Å²) in [6.45, 7) is 7.41. The number of ether oxygens (including phenoxy) is 2. The van der Waals surface area contributed by atoms with Crippen molar-refractivity contribution in [2.45, 2.75) is 33.4 Å². The maximum absolute atomic E-state index is 13.1. The number of carbonyl (C=O) groups excluding carboxylic acids is 3. The van der Waals surface area contributed by atoms with E-state index in [4.69, 9.17) is 13.9 Å². The molecule has 1 N–H and O–H groups in total. The van der Waals surface area contributed by atoms with Gasteiger partial charge in [0, 0.05) is 37.8 Å². The quantitative estimate of drug-likeness (QED) is 0.334. The van der Waals surface area contributed by atoms with Crippen LogP contribution < -0.4 is 10.1 Å². The molecule has 3 heterocycles. The molecule has 1 saturated heterocycles. The van der Waals surface area contributed by atoms with Gasteiger partial charge in [0.15, 0.2) is 5.76 Å². The number of amides is 3. The van der Waals surface area contributed by atoms with Gasteiger partial charge in [0.25, 0.3) is 5.91 Å². The predicted molar refractivity (Wildman–Crippen MR) is 152 cm³/mol. The van der Waals surface area contributed by atoms with Gasteiger partial charge in [0.1, 0.15) is 24.2 Å². The molecule has 5 rings (SSSR count). The third-order valence-electron chi connectivity index (χ3n) is 7.04. The molecule has 0 saturated carbocycles. The van der Waals surface area contributed by atoms with Crippen LogP contribution in [0.2, 0.25) is 0 Å². The highest BCUT2D eigenvalue weighted by molar-refractivity contribution is 6.02. The molecule has 41 heavy (non-hydrogen) atoms. The maximum Gasteiger partial charge on any atom is 0.409 e. The molecule has 1 fully saturated rings. The normalized spacial score (nSPS) is 14.1. The number of rotatable bonds is 8. The first-order valence-corrected chi connectivity index (χ1v) is 13.6.